The van der Waals surface area contributed by atoms with Gasteiger partial charge in [-0.15, -0.1) is 5.10 Å². The van der Waals surface area contributed by atoms with Crippen LogP contribution in [0.2, 0.25) is 0 Å². The van der Waals surface area contributed by atoms with Crippen LogP contribution in [-0.2, 0) is 37.3 Å². The number of aromatic nitrogens is 4. The van der Waals surface area contributed by atoms with E-state index >= 15 is 0 Å². The number of anilines is 1. The van der Waals surface area contributed by atoms with E-state index in [4.69, 9.17) is 9.47 Å². The van der Waals surface area contributed by atoms with E-state index in [2.05, 4.69) is 32.5 Å². The third-order valence-corrected chi connectivity index (χ3v) is 12.2. The topological polar surface area (TPSA) is 178 Å². The third kappa shape index (κ3) is 9.76. The molecule has 0 spiro atoms. The van der Waals surface area contributed by atoms with E-state index in [1.165, 1.54) is 23.9 Å². The highest BCUT2D eigenvalue weighted by Gasteiger charge is 2.39. The number of hydrogen-bond acceptors (Lipinski definition) is 11. The summed E-state index contributed by atoms with van der Waals surface area (Å²) in [5.74, 6) is 0.00802. The number of rotatable bonds is 14. The van der Waals surface area contributed by atoms with Crippen LogP contribution < -0.4 is 10.0 Å². The van der Waals surface area contributed by atoms with Gasteiger partial charge in [0.15, 0.2) is 6.29 Å². The van der Waals surface area contributed by atoms with Crippen molar-refractivity contribution in [1.29, 1.82) is 0 Å². The van der Waals surface area contributed by atoms with Crippen LogP contribution in [0.15, 0.2) is 137 Å². The number of carbonyl (C=O) groups excluding carboxylic acids is 1. The highest BCUT2D eigenvalue weighted by molar-refractivity contribution is 7.99. The number of nitrogens with zero attached hydrogens (tertiary/aromatic N) is 4. The van der Waals surface area contributed by atoms with Crippen molar-refractivity contribution in [3.8, 4) is 11.4 Å². The second-order valence-corrected chi connectivity index (χ2v) is 16.5. The molecular weight excluding hydrogens is 765 g/mol. The summed E-state index contributed by atoms with van der Waals surface area (Å²) in [6, 6.07) is 35.9. The Morgan fingerprint density at radius 2 is 1.54 bits per heavy atom. The molecular formula is C42H42N6O7S2. The van der Waals surface area contributed by atoms with Gasteiger partial charge in [0.1, 0.15) is 11.8 Å². The standard InChI is InChI=1S/C42H42N6O7S2/c1-27-8-22-36(23-9-27)57(52,53)45-37(24-29-6-4-3-5-7-29)40(51)43-33-16-14-32(15-17-33)41-54-38(28(2)39(55-41)31-12-10-30(25-49)11-13-31)26-56-42-44-46-47-48(42)34-18-20-35(50)21-19-34/h3-23,28,37-39,41,45,49-50H,24-26H2,1-2H3,(H,43,51)/t28-,37-,38+,39+,41+/m1/s1. The Kier molecular flexibility index (Phi) is 12.4. The maximum Gasteiger partial charge on any atom is 0.242 e. The lowest BCUT2D eigenvalue weighted by atomic mass is 9.91. The quantitative estimate of drug-likeness (QED) is 0.0912. The summed E-state index contributed by atoms with van der Waals surface area (Å²) in [6.07, 6.45) is -1.32. The van der Waals surface area contributed by atoms with Gasteiger partial charge in [0.05, 0.1) is 29.4 Å². The van der Waals surface area contributed by atoms with Crippen LogP contribution in [0.1, 0.15) is 47.1 Å². The zero-order valence-electron chi connectivity index (χ0n) is 31.2. The summed E-state index contributed by atoms with van der Waals surface area (Å²) in [5.41, 5.74) is 5.30. The Morgan fingerprint density at radius 3 is 2.23 bits per heavy atom. The summed E-state index contributed by atoms with van der Waals surface area (Å²) in [4.78, 5) is 13.8. The molecule has 1 saturated heterocycles. The predicted octanol–water partition coefficient (Wildman–Crippen LogP) is 6.28. The van der Waals surface area contributed by atoms with Crippen LogP contribution in [0.3, 0.4) is 0 Å². The van der Waals surface area contributed by atoms with Gasteiger partial charge in [-0.3, -0.25) is 4.79 Å². The molecule has 5 atom stereocenters. The van der Waals surface area contributed by atoms with E-state index in [9.17, 15) is 23.4 Å². The monoisotopic (exact) mass is 806 g/mol. The Hall–Kier alpha value is -5.42. The number of thioether (sulfide) groups is 1. The first kappa shape index (κ1) is 39.8. The number of amides is 1. The molecule has 0 saturated carbocycles. The second-order valence-electron chi connectivity index (χ2n) is 13.8. The molecule has 57 heavy (non-hydrogen) atoms. The number of aliphatic hydroxyl groups is 1. The molecule has 0 bridgehead atoms. The average molecular weight is 807 g/mol. The van der Waals surface area contributed by atoms with E-state index < -0.39 is 28.3 Å². The van der Waals surface area contributed by atoms with Crippen LogP contribution >= 0.6 is 11.8 Å². The lowest BCUT2D eigenvalue weighted by Gasteiger charge is -2.41. The molecule has 1 amide bonds. The lowest BCUT2D eigenvalue weighted by molar-refractivity contribution is -0.268. The first-order chi connectivity index (χ1) is 27.6. The Morgan fingerprint density at radius 1 is 0.860 bits per heavy atom. The lowest BCUT2D eigenvalue weighted by Crippen LogP contribution is -2.45. The van der Waals surface area contributed by atoms with Crippen molar-refractivity contribution in [3.63, 3.8) is 0 Å². The zero-order chi connectivity index (χ0) is 39.9. The van der Waals surface area contributed by atoms with E-state index in [0.717, 1.165) is 22.3 Å². The number of benzene rings is 5. The minimum Gasteiger partial charge on any atom is -0.508 e. The van der Waals surface area contributed by atoms with Crippen LogP contribution in [0.25, 0.3) is 5.69 Å². The Bertz CT molecular complexity index is 2360. The SMILES string of the molecule is Cc1ccc(S(=O)(=O)N[C@H](Cc2ccccc2)C(=O)Nc2ccc([C@H]3O[C@@H](CSc4nnnn4-c4ccc(O)cc4)[C@@H](C)[C@@H](c4ccc(CO)cc4)O3)cc2)cc1. The molecule has 1 fully saturated rings. The first-order valence-electron chi connectivity index (χ1n) is 18.3. The zero-order valence-corrected chi connectivity index (χ0v) is 32.8. The van der Waals surface area contributed by atoms with Crippen molar-refractivity contribution in [2.24, 2.45) is 5.92 Å². The van der Waals surface area contributed by atoms with Gasteiger partial charge in [0.25, 0.3) is 0 Å². The molecule has 7 rings (SSSR count). The Balaban J connectivity index is 1.09. The van der Waals surface area contributed by atoms with E-state index in [1.54, 1.807) is 65.3 Å². The summed E-state index contributed by atoms with van der Waals surface area (Å²) in [6.45, 7) is 3.86. The normalized spacial score (nSPS) is 18.9. The number of ether oxygens (including phenoxy) is 2. The van der Waals surface area contributed by atoms with Gasteiger partial charge >= 0.3 is 0 Å². The number of sulfonamides is 1. The van der Waals surface area contributed by atoms with Crippen LogP contribution in [0, 0.1) is 12.8 Å². The van der Waals surface area contributed by atoms with Gasteiger partial charge in [0, 0.05) is 22.9 Å². The van der Waals surface area contributed by atoms with Crippen molar-refractivity contribution < 1.29 is 32.9 Å². The fourth-order valence-electron chi connectivity index (χ4n) is 6.45. The number of phenolic OH excluding ortho intramolecular Hbond substituents is 1. The van der Waals surface area contributed by atoms with Gasteiger partial charge in [-0.2, -0.15) is 9.40 Å². The number of hydrogen-bond donors (Lipinski definition) is 4. The van der Waals surface area contributed by atoms with Gasteiger partial charge in [-0.05, 0) is 89.0 Å². The van der Waals surface area contributed by atoms with Crippen molar-refractivity contribution in [3.05, 3.63) is 155 Å². The van der Waals surface area contributed by atoms with E-state index in [-0.39, 0.29) is 41.8 Å². The molecule has 294 valence electrons. The molecule has 0 unspecified atom stereocenters. The molecule has 2 heterocycles. The minimum absolute atomic E-state index is 0.0698. The number of nitrogens with one attached hydrogen (secondary N) is 2. The molecule has 15 heteroatoms. The van der Waals surface area contributed by atoms with Crippen LogP contribution in [0.5, 0.6) is 5.75 Å². The molecule has 4 N–H and O–H groups in total. The predicted molar refractivity (Wildman–Crippen MR) is 215 cm³/mol. The van der Waals surface area contributed by atoms with Gasteiger partial charge < -0.3 is 25.0 Å². The summed E-state index contributed by atoms with van der Waals surface area (Å²) >= 11 is 1.43. The number of aliphatic hydroxyl groups excluding tert-OH is 1. The number of carbonyl (C=O) groups is 1. The maximum absolute atomic E-state index is 13.8. The van der Waals surface area contributed by atoms with Gasteiger partial charge in [0.2, 0.25) is 21.1 Å². The molecule has 1 aliphatic heterocycles. The van der Waals surface area contributed by atoms with Crippen LogP contribution in [0.4, 0.5) is 5.69 Å². The maximum atomic E-state index is 13.8. The fraction of sp³-hybridized carbons (Fsp3) is 0.238. The smallest absolute Gasteiger partial charge is 0.242 e. The number of tetrazole rings is 1. The van der Waals surface area contributed by atoms with Crippen molar-refractivity contribution >= 4 is 33.4 Å². The van der Waals surface area contributed by atoms with Crippen molar-refractivity contribution in [1.82, 2.24) is 24.9 Å². The molecule has 0 radical (unpaired) electrons. The van der Waals surface area contributed by atoms with E-state index in [1.807, 2.05) is 61.5 Å². The number of phenols is 1. The number of aromatic hydroxyl groups is 1. The highest BCUT2D eigenvalue weighted by atomic mass is 32.2. The summed E-state index contributed by atoms with van der Waals surface area (Å²) in [5, 5.41) is 35.1. The van der Waals surface area contributed by atoms with Gasteiger partial charge in [-0.25, -0.2) is 8.42 Å². The largest absolute Gasteiger partial charge is 0.508 e. The highest BCUT2D eigenvalue weighted by Crippen LogP contribution is 2.43. The molecule has 6 aromatic rings. The molecule has 0 aliphatic carbocycles. The molecule has 13 nitrogen and oxygen atoms in total. The van der Waals surface area contributed by atoms with Crippen molar-refractivity contribution in [2.45, 2.75) is 61.5 Å². The Labute approximate surface area is 335 Å². The van der Waals surface area contributed by atoms with E-state index in [0.29, 0.717) is 27.8 Å². The molecule has 5 aromatic carbocycles. The average Bonchev–Trinajstić information content (AvgIpc) is 3.70. The fourth-order valence-corrected chi connectivity index (χ4v) is 8.70. The molecule has 1 aromatic heterocycles. The minimum atomic E-state index is -4.01. The number of aryl methyl sites for hydroxylation is 1. The second kappa shape index (κ2) is 17.8. The van der Waals surface area contributed by atoms with Crippen LogP contribution in [-0.4, -0.2) is 62.6 Å². The van der Waals surface area contributed by atoms with Crippen molar-refractivity contribution in [2.75, 3.05) is 11.1 Å². The summed E-state index contributed by atoms with van der Waals surface area (Å²) in [7, 11) is -4.01. The first-order valence-corrected chi connectivity index (χ1v) is 20.8. The van der Waals surface area contributed by atoms with Gasteiger partial charge in [-0.1, -0.05) is 103 Å². The molecule has 1 aliphatic rings. The summed E-state index contributed by atoms with van der Waals surface area (Å²) < 4.78 is 44.2. The third-order valence-electron chi connectivity index (χ3n) is 9.71.